The van der Waals surface area contributed by atoms with Crippen LogP contribution in [-0.4, -0.2) is 29.0 Å². The highest BCUT2D eigenvalue weighted by Crippen LogP contribution is 2.10. The lowest BCUT2D eigenvalue weighted by molar-refractivity contribution is -0.115. The molecule has 1 aromatic rings. The molecule has 0 aromatic carbocycles. The molecule has 1 fully saturated rings. The Balaban J connectivity index is 1.82. The summed E-state index contributed by atoms with van der Waals surface area (Å²) in [6.07, 6.45) is 5.63. The molecule has 1 aliphatic rings. The number of thiophene rings is 1. The third-order valence-corrected chi connectivity index (χ3v) is 3.76. The minimum absolute atomic E-state index is 0.157. The molecule has 5 heteroatoms. The van der Waals surface area contributed by atoms with Crippen molar-refractivity contribution in [3.05, 3.63) is 28.5 Å². The number of carbonyl (C=O) groups is 1. The summed E-state index contributed by atoms with van der Waals surface area (Å²) in [6, 6.07) is 3.92. The summed E-state index contributed by atoms with van der Waals surface area (Å²) < 4.78 is 0. The molecule has 1 amide bonds. The van der Waals surface area contributed by atoms with Crippen molar-refractivity contribution in [2.75, 3.05) is 13.1 Å². The molecule has 2 heterocycles. The van der Waals surface area contributed by atoms with E-state index in [1.807, 2.05) is 22.4 Å². The lowest BCUT2D eigenvalue weighted by Crippen LogP contribution is -2.40. The summed E-state index contributed by atoms with van der Waals surface area (Å²) in [5, 5.41) is 5.24. The first kappa shape index (κ1) is 12.3. The predicted molar refractivity (Wildman–Crippen MR) is 74.9 cm³/mol. The second kappa shape index (κ2) is 5.93. The number of likely N-dealkylation sites (tertiary alicyclic amines) is 1. The molecule has 0 aliphatic carbocycles. The fourth-order valence-electron chi connectivity index (χ4n) is 1.69. The first-order valence-electron chi connectivity index (χ1n) is 5.57. The van der Waals surface area contributed by atoms with Gasteiger partial charge in [0.25, 0.3) is 0 Å². The number of amides is 1. The van der Waals surface area contributed by atoms with Crippen LogP contribution < -0.4 is 5.32 Å². The SMILES string of the molecule is O=C(C=Cc1cccs1)NC(=S)N1CCCC1. The second-order valence-electron chi connectivity index (χ2n) is 3.84. The van der Waals surface area contributed by atoms with Gasteiger partial charge in [-0.3, -0.25) is 10.1 Å². The van der Waals surface area contributed by atoms with Gasteiger partial charge in [0.2, 0.25) is 5.91 Å². The first-order chi connectivity index (χ1) is 8.25. The molecule has 0 saturated carbocycles. The molecule has 17 heavy (non-hydrogen) atoms. The monoisotopic (exact) mass is 266 g/mol. The van der Waals surface area contributed by atoms with Gasteiger partial charge in [-0.2, -0.15) is 0 Å². The zero-order valence-corrected chi connectivity index (χ0v) is 11.0. The van der Waals surface area contributed by atoms with Crippen molar-refractivity contribution < 1.29 is 4.79 Å². The minimum atomic E-state index is -0.157. The molecule has 0 spiro atoms. The maximum Gasteiger partial charge on any atom is 0.250 e. The van der Waals surface area contributed by atoms with Crippen molar-refractivity contribution in [1.29, 1.82) is 0 Å². The first-order valence-corrected chi connectivity index (χ1v) is 6.86. The molecule has 2 rings (SSSR count). The Bertz CT molecular complexity index is 420. The van der Waals surface area contributed by atoms with Crippen LogP contribution in [0.3, 0.4) is 0 Å². The normalized spacial score (nSPS) is 15.4. The van der Waals surface area contributed by atoms with E-state index in [1.54, 1.807) is 17.4 Å². The molecule has 0 radical (unpaired) electrons. The van der Waals surface area contributed by atoms with E-state index < -0.39 is 0 Å². The van der Waals surface area contributed by atoms with Crippen LogP contribution in [0.4, 0.5) is 0 Å². The molecule has 1 N–H and O–H groups in total. The van der Waals surface area contributed by atoms with Crippen LogP contribution in [0.2, 0.25) is 0 Å². The van der Waals surface area contributed by atoms with Crippen molar-refractivity contribution in [3.8, 4) is 0 Å². The van der Waals surface area contributed by atoms with Gasteiger partial charge in [0, 0.05) is 24.0 Å². The highest BCUT2D eigenvalue weighted by atomic mass is 32.1. The van der Waals surface area contributed by atoms with E-state index in [-0.39, 0.29) is 5.91 Å². The van der Waals surface area contributed by atoms with E-state index in [2.05, 4.69) is 5.32 Å². The van der Waals surface area contributed by atoms with Crippen LogP contribution in [0.15, 0.2) is 23.6 Å². The number of hydrogen-bond acceptors (Lipinski definition) is 3. The Morgan fingerprint density at radius 2 is 2.24 bits per heavy atom. The predicted octanol–water partition coefficient (Wildman–Crippen LogP) is 2.26. The maximum atomic E-state index is 11.6. The van der Waals surface area contributed by atoms with E-state index in [0.29, 0.717) is 5.11 Å². The third kappa shape index (κ3) is 3.64. The molecular formula is C12H14N2OS2. The lowest BCUT2D eigenvalue weighted by atomic mass is 10.4. The molecule has 1 saturated heterocycles. The summed E-state index contributed by atoms with van der Waals surface area (Å²) in [6.45, 7) is 1.90. The smallest absolute Gasteiger partial charge is 0.250 e. The second-order valence-corrected chi connectivity index (χ2v) is 5.20. The van der Waals surface area contributed by atoms with Gasteiger partial charge in [-0.1, -0.05) is 6.07 Å². The summed E-state index contributed by atoms with van der Waals surface area (Å²) >= 11 is 6.77. The standard InChI is InChI=1S/C12H14N2OS2/c15-11(6-5-10-4-3-9-17-10)13-12(16)14-7-1-2-8-14/h3-6,9H,1-2,7-8H2,(H,13,15,16). The van der Waals surface area contributed by atoms with Gasteiger partial charge >= 0.3 is 0 Å². The highest BCUT2D eigenvalue weighted by molar-refractivity contribution is 7.80. The molecule has 90 valence electrons. The average Bonchev–Trinajstić information content (AvgIpc) is 2.99. The van der Waals surface area contributed by atoms with E-state index in [4.69, 9.17) is 12.2 Å². The number of nitrogens with zero attached hydrogens (tertiary/aromatic N) is 1. The molecular weight excluding hydrogens is 252 g/mol. The van der Waals surface area contributed by atoms with Crippen molar-refractivity contribution in [3.63, 3.8) is 0 Å². The lowest BCUT2D eigenvalue weighted by Gasteiger charge is -2.17. The number of thiocarbonyl (C=S) groups is 1. The van der Waals surface area contributed by atoms with Gasteiger partial charge in [-0.15, -0.1) is 11.3 Å². The maximum absolute atomic E-state index is 11.6. The van der Waals surface area contributed by atoms with Crippen LogP contribution in [0.25, 0.3) is 6.08 Å². The van der Waals surface area contributed by atoms with E-state index in [9.17, 15) is 4.79 Å². The number of hydrogen-bond donors (Lipinski definition) is 1. The van der Waals surface area contributed by atoms with Gasteiger partial charge in [-0.25, -0.2) is 0 Å². The fraction of sp³-hybridized carbons (Fsp3) is 0.333. The molecule has 0 unspecified atom stereocenters. The van der Waals surface area contributed by atoms with Crippen LogP contribution in [0.1, 0.15) is 17.7 Å². The van der Waals surface area contributed by atoms with Gasteiger partial charge in [-0.05, 0) is 42.6 Å². The van der Waals surface area contributed by atoms with Crippen molar-refractivity contribution in [1.82, 2.24) is 10.2 Å². The average molecular weight is 266 g/mol. The molecule has 0 atom stereocenters. The molecule has 1 aliphatic heterocycles. The quantitative estimate of drug-likeness (QED) is 0.658. The van der Waals surface area contributed by atoms with Gasteiger partial charge in [0.15, 0.2) is 5.11 Å². The van der Waals surface area contributed by atoms with E-state index >= 15 is 0 Å². The van der Waals surface area contributed by atoms with E-state index in [0.717, 1.165) is 30.8 Å². The zero-order chi connectivity index (χ0) is 12.1. The largest absolute Gasteiger partial charge is 0.349 e. The molecule has 3 nitrogen and oxygen atoms in total. The summed E-state index contributed by atoms with van der Waals surface area (Å²) in [5.41, 5.74) is 0. The Morgan fingerprint density at radius 1 is 1.47 bits per heavy atom. The topological polar surface area (TPSA) is 32.3 Å². The molecule has 1 aromatic heterocycles. The van der Waals surface area contributed by atoms with Crippen molar-refractivity contribution >= 4 is 40.7 Å². The van der Waals surface area contributed by atoms with Crippen molar-refractivity contribution in [2.45, 2.75) is 12.8 Å². The Labute approximate surface area is 110 Å². The van der Waals surface area contributed by atoms with Gasteiger partial charge in [0.1, 0.15) is 0 Å². The number of rotatable bonds is 2. The van der Waals surface area contributed by atoms with Gasteiger partial charge in [0.05, 0.1) is 0 Å². The van der Waals surface area contributed by atoms with Crippen LogP contribution in [0.5, 0.6) is 0 Å². The minimum Gasteiger partial charge on any atom is -0.349 e. The van der Waals surface area contributed by atoms with Crippen LogP contribution in [-0.2, 0) is 4.79 Å². The zero-order valence-electron chi connectivity index (χ0n) is 9.39. The molecule has 0 bridgehead atoms. The third-order valence-electron chi connectivity index (χ3n) is 2.57. The Hall–Kier alpha value is -1.20. The number of nitrogens with one attached hydrogen (secondary N) is 1. The Kier molecular flexibility index (Phi) is 4.28. The van der Waals surface area contributed by atoms with E-state index in [1.165, 1.54) is 6.08 Å². The fourth-order valence-corrected chi connectivity index (χ4v) is 2.59. The number of carbonyl (C=O) groups excluding carboxylic acids is 1. The van der Waals surface area contributed by atoms with Crippen LogP contribution in [0, 0.1) is 0 Å². The van der Waals surface area contributed by atoms with Crippen LogP contribution >= 0.6 is 23.6 Å². The summed E-state index contributed by atoms with van der Waals surface area (Å²) in [4.78, 5) is 14.7. The summed E-state index contributed by atoms with van der Waals surface area (Å²) in [7, 11) is 0. The van der Waals surface area contributed by atoms with Crippen molar-refractivity contribution in [2.24, 2.45) is 0 Å². The summed E-state index contributed by atoms with van der Waals surface area (Å²) in [5.74, 6) is -0.157. The highest BCUT2D eigenvalue weighted by Gasteiger charge is 2.15. The van der Waals surface area contributed by atoms with Gasteiger partial charge < -0.3 is 4.90 Å². The Morgan fingerprint density at radius 3 is 2.88 bits per heavy atom.